The zero-order chi connectivity index (χ0) is 13.1. The molecular formula is C18H10NO. The SMILES string of the molecule is [c]1cccc2oc3cc4[nH]c5ccccc5c4cc3c12. The first-order valence-corrected chi connectivity index (χ1v) is 6.63. The maximum absolute atomic E-state index is 5.91. The first-order valence-electron chi connectivity index (χ1n) is 6.63. The first kappa shape index (κ1) is 10.1. The molecule has 5 rings (SSSR count). The number of furan rings is 1. The van der Waals surface area contributed by atoms with Gasteiger partial charge >= 0.3 is 0 Å². The summed E-state index contributed by atoms with van der Waals surface area (Å²) in [4.78, 5) is 3.44. The van der Waals surface area contributed by atoms with Crippen molar-refractivity contribution >= 4 is 43.7 Å². The summed E-state index contributed by atoms with van der Waals surface area (Å²) < 4.78 is 5.91. The van der Waals surface area contributed by atoms with E-state index in [0.29, 0.717) is 0 Å². The van der Waals surface area contributed by atoms with Crippen LogP contribution in [0.2, 0.25) is 0 Å². The standard InChI is InChI=1S/C18H10NO/c1-3-7-15-11(5-1)13-9-14-12-6-2-4-8-17(12)20-18(14)10-16(13)19-15/h1-5,7-10,19H. The van der Waals surface area contributed by atoms with Crippen molar-refractivity contribution in [2.75, 3.05) is 0 Å². The summed E-state index contributed by atoms with van der Waals surface area (Å²) in [5.41, 5.74) is 4.06. The van der Waals surface area contributed by atoms with Crippen LogP contribution in [0.3, 0.4) is 0 Å². The topological polar surface area (TPSA) is 28.9 Å². The van der Waals surface area contributed by atoms with Gasteiger partial charge in [0.05, 0.1) is 5.52 Å². The Bertz CT molecular complexity index is 1010. The molecule has 0 aliphatic heterocycles. The second kappa shape index (κ2) is 3.42. The number of fused-ring (bicyclic) bond motifs is 6. The van der Waals surface area contributed by atoms with Gasteiger partial charge in [-0.25, -0.2) is 0 Å². The highest BCUT2D eigenvalue weighted by Crippen LogP contribution is 2.34. The molecule has 2 heteroatoms. The molecule has 0 atom stereocenters. The molecule has 0 amide bonds. The lowest BCUT2D eigenvalue weighted by atomic mass is 10.1. The highest BCUT2D eigenvalue weighted by atomic mass is 16.3. The Morgan fingerprint density at radius 2 is 1.75 bits per heavy atom. The van der Waals surface area contributed by atoms with Crippen LogP contribution >= 0.6 is 0 Å². The summed E-state index contributed by atoms with van der Waals surface area (Å²) in [7, 11) is 0. The largest absolute Gasteiger partial charge is 0.456 e. The molecule has 2 nitrogen and oxygen atoms in total. The van der Waals surface area contributed by atoms with E-state index in [1.807, 2.05) is 24.3 Å². The number of para-hydroxylation sites is 1. The van der Waals surface area contributed by atoms with Crippen LogP contribution in [0.5, 0.6) is 0 Å². The van der Waals surface area contributed by atoms with Crippen LogP contribution in [-0.4, -0.2) is 4.98 Å². The third-order valence-corrected chi connectivity index (χ3v) is 3.91. The van der Waals surface area contributed by atoms with Crippen molar-refractivity contribution in [3.63, 3.8) is 0 Å². The molecule has 3 aromatic carbocycles. The quantitative estimate of drug-likeness (QED) is 0.414. The summed E-state index contributed by atoms with van der Waals surface area (Å²) >= 11 is 0. The predicted molar refractivity (Wildman–Crippen MR) is 81.9 cm³/mol. The molecule has 0 saturated heterocycles. The average Bonchev–Trinajstić information content (AvgIpc) is 3.02. The lowest BCUT2D eigenvalue weighted by molar-refractivity contribution is 0.669. The minimum Gasteiger partial charge on any atom is -0.456 e. The van der Waals surface area contributed by atoms with Gasteiger partial charge in [0.2, 0.25) is 0 Å². The van der Waals surface area contributed by atoms with E-state index in [1.54, 1.807) is 0 Å². The van der Waals surface area contributed by atoms with Gasteiger partial charge in [0.15, 0.2) is 0 Å². The van der Waals surface area contributed by atoms with Gasteiger partial charge in [-0.05, 0) is 24.3 Å². The van der Waals surface area contributed by atoms with Crippen molar-refractivity contribution in [1.82, 2.24) is 4.98 Å². The number of aromatic amines is 1. The molecule has 2 heterocycles. The van der Waals surface area contributed by atoms with E-state index in [0.717, 1.165) is 33.0 Å². The predicted octanol–water partition coefficient (Wildman–Crippen LogP) is 5.02. The highest BCUT2D eigenvalue weighted by Gasteiger charge is 2.10. The first-order chi connectivity index (χ1) is 9.90. The number of H-pyrrole nitrogens is 1. The molecular weight excluding hydrogens is 246 g/mol. The van der Waals surface area contributed by atoms with Crippen molar-refractivity contribution < 1.29 is 4.42 Å². The lowest BCUT2D eigenvalue weighted by Gasteiger charge is -1.92. The Hall–Kier alpha value is -2.74. The smallest absolute Gasteiger partial charge is 0.137 e. The fourth-order valence-corrected chi connectivity index (χ4v) is 2.99. The molecule has 0 saturated carbocycles. The maximum Gasteiger partial charge on any atom is 0.137 e. The van der Waals surface area contributed by atoms with Crippen LogP contribution in [0, 0.1) is 6.07 Å². The number of hydrogen-bond donors (Lipinski definition) is 1. The molecule has 1 radical (unpaired) electrons. The lowest BCUT2D eigenvalue weighted by Crippen LogP contribution is -1.69. The van der Waals surface area contributed by atoms with Gasteiger partial charge in [-0.1, -0.05) is 30.3 Å². The molecule has 0 aliphatic rings. The van der Waals surface area contributed by atoms with Gasteiger partial charge in [0, 0.05) is 33.1 Å². The van der Waals surface area contributed by atoms with Crippen LogP contribution in [-0.2, 0) is 0 Å². The summed E-state index contributed by atoms with van der Waals surface area (Å²) in [6, 6.07) is 21.8. The van der Waals surface area contributed by atoms with E-state index < -0.39 is 0 Å². The van der Waals surface area contributed by atoms with Gasteiger partial charge in [-0.15, -0.1) is 0 Å². The summed E-state index contributed by atoms with van der Waals surface area (Å²) in [6.45, 7) is 0. The number of benzene rings is 3. The van der Waals surface area contributed by atoms with Crippen LogP contribution < -0.4 is 0 Å². The minimum atomic E-state index is 0.888. The monoisotopic (exact) mass is 256 g/mol. The van der Waals surface area contributed by atoms with Crippen molar-refractivity contribution in [3.05, 3.63) is 60.7 Å². The average molecular weight is 256 g/mol. The number of hydrogen-bond acceptors (Lipinski definition) is 1. The Morgan fingerprint density at radius 1 is 0.800 bits per heavy atom. The molecule has 0 spiro atoms. The zero-order valence-electron chi connectivity index (χ0n) is 10.6. The fourth-order valence-electron chi connectivity index (χ4n) is 2.99. The van der Waals surface area contributed by atoms with Gasteiger partial charge in [-0.2, -0.15) is 0 Å². The zero-order valence-corrected chi connectivity index (χ0v) is 10.6. The van der Waals surface area contributed by atoms with Crippen molar-refractivity contribution in [3.8, 4) is 0 Å². The normalized spacial score (nSPS) is 12.0. The van der Waals surface area contributed by atoms with E-state index >= 15 is 0 Å². The summed E-state index contributed by atoms with van der Waals surface area (Å²) in [5, 5.41) is 4.65. The summed E-state index contributed by atoms with van der Waals surface area (Å²) in [5.74, 6) is 0. The molecule has 0 bridgehead atoms. The fraction of sp³-hybridized carbons (Fsp3) is 0. The maximum atomic E-state index is 5.91. The number of aromatic nitrogens is 1. The third kappa shape index (κ3) is 1.18. The van der Waals surface area contributed by atoms with Crippen LogP contribution in [0.15, 0.2) is 59.0 Å². The molecule has 0 aliphatic carbocycles. The second-order valence-corrected chi connectivity index (χ2v) is 5.08. The Balaban J connectivity index is 2.06. The second-order valence-electron chi connectivity index (χ2n) is 5.08. The van der Waals surface area contributed by atoms with E-state index in [2.05, 4.69) is 41.4 Å². The van der Waals surface area contributed by atoms with Gasteiger partial charge in [-0.3, -0.25) is 0 Å². The Morgan fingerprint density at radius 3 is 2.75 bits per heavy atom. The van der Waals surface area contributed by atoms with Crippen molar-refractivity contribution in [1.29, 1.82) is 0 Å². The van der Waals surface area contributed by atoms with Crippen LogP contribution in [0.1, 0.15) is 0 Å². The van der Waals surface area contributed by atoms with Crippen LogP contribution in [0.4, 0.5) is 0 Å². The molecule has 1 N–H and O–H groups in total. The molecule has 93 valence electrons. The number of nitrogens with one attached hydrogen (secondary N) is 1. The number of rotatable bonds is 0. The molecule has 20 heavy (non-hydrogen) atoms. The van der Waals surface area contributed by atoms with E-state index in [9.17, 15) is 0 Å². The van der Waals surface area contributed by atoms with Crippen molar-refractivity contribution in [2.24, 2.45) is 0 Å². The van der Waals surface area contributed by atoms with E-state index in [4.69, 9.17) is 4.42 Å². The molecule has 0 unspecified atom stereocenters. The molecule has 0 fully saturated rings. The van der Waals surface area contributed by atoms with Gasteiger partial charge < -0.3 is 9.40 Å². The van der Waals surface area contributed by atoms with Crippen LogP contribution in [0.25, 0.3) is 43.7 Å². The van der Waals surface area contributed by atoms with Crippen molar-refractivity contribution in [2.45, 2.75) is 0 Å². The molecule has 5 aromatic rings. The highest BCUT2D eigenvalue weighted by molar-refractivity contribution is 6.16. The minimum absolute atomic E-state index is 0.888. The third-order valence-electron chi connectivity index (χ3n) is 3.91. The summed E-state index contributed by atoms with van der Waals surface area (Å²) in [6.07, 6.45) is 0. The Kier molecular flexibility index (Phi) is 1.73. The van der Waals surface area contributed by atoms with Gasteiger partial charge in [0.25, 0.3) is 0 Å². The van der Waals surface area contributed by atoms with E-state index in [-0.39, 0.29) is 0 Å². The molecule has 2 aromatic heterocycles. The van der Waals surface area contributed by atoms with E-state index in [1.165, 1.54) is 10.8 Å². The Labute approximate surface area is 114 Å². The van der Waals surface area contributed by atoms with Gasteiger partial charge in [0.1, 0.15) is 11.2 Å².